The molecule has 0 aliphatic heterocycles. The summed E-state index contributed by atoms with van der Waals surface area (Å²) in [6.07, 6.45) is 6.02. The summed E-state index contributed by atoms with van der Waals surface area (Å²) in [4.78, 5) is 18.0. The number of pyridine rings is 2. The molecule has 0 spiro atoms. The van der Waals surface area contributed by atoms with Gasteiger partial charge in [-0.3, -0.25) is 9.78 Å². The Labute approximate surface area is 146 Å². The number of aromatic amines is 1. The number of rotatable bonds is 7. The molecule has 0 radical (unpaired) electrons. The largest absolute Gasteiger partial charge is 0.491 e. The molecule has 0 aliphatic rings. The number of aryl methyl sites for hydroxylation is 1. The SMILES string of the molecule is O=c1cc(-c2ccc(OC[C@H](O)CCc3cccnc3)cc2)cc[nH]1. The van der Waals surface area contributed by atoms with Crippen molar-refractivity contribution in [2.45, 2.75) is 18.9 Å². The maximum absolute atomic E-state index is 11.4. The topological polar surface area (TPSA) is 75.2 Å². The Hall–Kier alpha value is -2.92. The van der Waals surface area contributed by atoms with Crippen molar-refractivity contribution >= 4 is 0 Å². The van der Waals surface area contributed by atoms with Crippen LogP contribution >= 0.6 is 0 Å². The number of nitrogens with zero attached hydrogens (tertiary/aromatic N) is 1. The highest BCUT2D eigenvalue weighted by atomic mass is 16.5. The van der Waals surface area contributed by atoms with Crippen LogP contribution in [0.15, 0.2) is 71.9 Å². The molecule has 128 valence electrons. The van der Waals surface area contributed by atoms with E-state index in [1.807, 2.05) is 42.5 Å². The van der Waals surface area contributed by atoms with Crippen LogP contribution in [-0.4, -0.2) is 27.8 Å². The third kappa shape index (κ3) is 5.02. The summed E-state index contributed by atoms with van der Waals surface area (Å²) in [5.41, 5.74) is 2.76. The van der Waals surface area contributed by atoms with Crippen molar-refractivity contribution in [3.63, 3.8) is 0 Å². The van der Waals surface area contributed by atoms with Gasteiger partial charge in [0, 0.05) is 24.7 Å². The van der Waals surface area contributed by atoms with Gasteiger partial charge in [-0.05, 0) is 53.8 Å². The Balaban J connectivity index is 1.50. The van der Waals surface area contributed by atoms with E-state index in [4.69, 9.17) is 4.74 Å². The van der Waals surface area contributed by atoms with Crippen molar-refractivity contribution in [3.05, 3.63) is 83.0 Å². The van der Waals surface area contributed by atoms with E-state index in [0.29, 0.717) is 12.2 Å². The van der Waals surface area contributed by atoms with Crippen LogP contribution < -0.4 is 10.3 Å². The minimum absolute atomic E-state index is 0.130. The molecule has 0 aliphatic carbocycles. The zero-order chi connectivity index (χ0) is 17.5. The Morgan fingerprint density at radius 2 is 1.96 bits per heavy atom. The predicted octanol–water partition coefficient (Wildman–Crippen LogP) is 2.81. The van der Waals surface area contributed by atoms with Crippen molar-refractivity contribution in [2.75, 3.05) is 6.61 Å². The lowest BCUT2D eigenvalue weighted by Gasteiger charge is -2.12. The molecule has 3 aromatic rings. The summed E-state index contributed by atoms with van der Waals surface area (Å²) in [5.74, 6) is 0.689. The van der Waals surface area contributed by atoms with Crippen LogP contribution in [0, 0.1) is 0 Å². The maximum atomic E-state index is 11.4. The lowest BCUT2D eigenvalue weighted by molar-refractivity contribution is 0.100. The summed E-state index contributed by atoms with van der Waals surface area (Å²) in [6.45, 7) is 0.241. The number of hydrogen-bond acceptors (Lipinski definition) is 4. The van der Waals surface area contributed by atoms with Crippen LogP contribution in [0.5, 0.6) is 5.75 Å². The van der Waals surface area contributed by atoms with Crippen LogP contribution in [0.2, 0.25) is 0 Å². The van der Waals surface area contributed by atoms with Gasteiger partial charge < -0.3 is 14.8 Å². The number of aromatic nitrogens is 2. The molecule has 1 aromatic carbocycles. The number of aliphatic hydroxyl groups excluding tert-OH is 1. The second kappa shape index (κ2) is 8.26. The minimum Gasteiger partial charge on any atom is -0.491 e. The van der Waals surface area contributed by atoms with E-state index >= 15 is 0 Å². The average molecular weight is 336 g/mol. The van der Waals surface area contributed by atoms with E-state index in [1.54, 1.807) is 24.7 Å². The second-order valence-electron chi connectivity index (χ2n) is 5.83. The van der Waals surface area contributed by atoms with E-state index < -0.39 is 6.10 Å². The molecule has 2 heterocycles. The van der Waals surface area contributed by atoms with Gasteiger partial charge in [0.2, 0.25) is 5.56 Å². The van der Waals surface area contributed by atoms with E-state index in [-0.39, 0.29) is 12.2 Å². The molecule has 0 fully saturated rings. The number of nitrogens with one attached hydrogen (secondary N) is 1. The fraction of sp³-hybridized carbons (Fsp3) is 0.200. The lowest BCUT2D eigenvalue weighted by Crippen LogP contribution is -2.18. The first-order valence-electron chi connectivity index (χ1n) is 8.19. The average Bonchev–Trinajstić information content (AvgIpc) is 2.66. The molecule has 3 rings (SSSR count). The molecule has 1 atom stereocenters. The Morgan fingerprint density at radius 1 is 1.12 bits per heavy atom. The smallest absolute Gasteiger partial charge is 0.248 e. The quantitative estimate of drug-likeness (QED) is 0.696. The molecule has 0 unspecified atom stereocenters. The van der Waals surface area contributed by atoms with E-state index in [9.17, 15) is 9.90 Å². The second-order valence-corrected chi connectivity index (χ2v) is 5.83. The fourth-order valence-corrected chi connectivity index (χ4v) is 2.52. The zero-order valence-electron chi connectivity index (χ0n) is 13.8. The van der Waals surface area contributed by atoms with Crippen molar-refractivity contribution in [1.29, 1.82) is 0 Å². The summed E-state index contributed by atoms with van der Waals surface area (Å²) < 4.78 is 5.64. The van der Waals surface area contributed by atoms with Gasteiger partial charge in [-0.15, -0.1) is 0 Å². The third-order valence-electron chi connectivity index (χ3n) is 3.89. The van der Waals surface area contributed by atoms with Crippen molar-refractivity contribution in [1.82, 2.24) is 9.97 Å². The molecule has 0 amide bonds. The molecule has 2 aromatic heterocycles. The van der Waals surface area contributed by atoms with Gasteiger partial charge >= 0.3 is 0 Å². The first-order valence-corrected chi connectivity index (χ1v) is 8.19. The Kier molecular flexibility index (Phi) is 5.59. The van der Waals surface area contributed by atoms with Gasteiger partial charge in [-0.2, -0.15) is 0 Å². The van der Waals surface area contributed by atoms with Crippen LogP contribution in [0.1, 0.15) is 12.0 Å². The van der Waals surface area contributed by atoms with Gasteiger partial charge in [0.15, 0.2) is 0 Å². The molecule has 2 N–H and O–H groups in total. The number of H-pyrrole nitrogens is 1. The van der Waals surface area contributed by atoms with Crippen molar-refractivity contribution in [2.24, 2.45) is 0 Å². The van der Waals surface area contributed by atoms with Crippen LogP contribution in [-0.2, 0) is 6.42 Å². The standard InChI is InChI=1S/C20H20N2O3/c23-18(6-3-15-2-1-10-21-13-15)14-25-19-7-4-16(5-8-19)17-9-11-22-20(24)12-17/h1-2,4-5,7-13,18,23H,3,6,14H2,(H,22,24)/t18-/m1/s1. The van der Waals surface area contributed by atoms with E-state index in [0.717, 1.165) is 23.1 Å². The highest BCUT2D eigenvalue weighted by molar-refractivity contribution is 5.63. The third-order valence-corrected chi connectivity index (χ3v) is 3.89. The predicted molar refractivity (Wildman–Crippen MR) is 96.6 cm³/mol. The number of benzene rings is 1. The lowest BCUT2D eigenvalue weighted by atomic mass is 10.1. The molecule has 0 saturated heterocycles. The molecule has 5 nitrogen and oxygen atoms in total. The van der Waals surface area contributed by atoms with E-state index in [1.165, 1.54) is 0 Å². The van der Waals surface area contributed by atoms with Crippen LogP contribution in [0.3, 0.4) is 0 Å². The molecule has 0 saturated carbocycles. The number of hydrogen-bond donors (Lipinski definition) is 2. The summed E-state index contributed by atoms with van der Waals surface area (Å²) in [6, 6.07) is 14.7. The Bertz CT molecular complexity index is 845. The molecular formula is C20H20N2O3. The van der Waals surface area contributed by atoms with Gasteiger partial charge in [-0.25, -0.2) is 0 Å². The number of ether oxygens (including phenoxy) is 1. The summed E-state index contributed by atoms with van der Waals surface area (Å²) >= 11 is 0. The zero-order valence-corrected chi connectivity index (χ0v) is 13.8. The molecule has 5 heteroatoms. The van der Waals surface area contributed by atoms with Crippen molar-refractivity contribution < 1.29 is 9.84 Å². The first kappa shape index (κ1) is 16.9. The molecule has 0 bridgehead atoms. The highest BCUT2D eigenvalue weighted by Crippen LogP contribution is 2.21. The van der Waals surface area contributed by atoms with Gasteiger partial charge in [0.1, 0.15) is 12.4 Å². The van der Waals surface area contributed by atoms with Crippen LogP contribution in [0.25, 0.3) is 11.1 Å². The highest BCUT2D eigenvalue weighted by Gasteiger charge is 2.06. The maximum Gasteiger partial charge on any atom is 0.248 e. The van der Waals surface area contributed by atoms with Gasteiger partial charge in [0.05, 0.1) is 6.10 Å². The van der Waals surface area contributed by atoms with E-state index in [2.05, 4.69) is 9.97 Å². The minimum atomic E-state index is -0.535. The molecule has 25 heavy (non-hydrogen) atoms. The Morgan fingerprint density at radius 3 is 2.68 bits per heavy atom. The van der Waals surface area contributed by atoms with Gasteiger partial charge in [-0.1, -0.05) is 18.2 Å². The summed E-state index contributed by atoms with van der Waals surface area (Å²) in [5, 5.41) is 10.1. The first-order chi connectivity index (χ1) is 12.2. The normalized spacial score (nSPS) is 11.9. The van der Waals surface area contributed by atoms with Crippen molar-refractivity contribution in [3.8, 4) is 16.9 Å². The number of aliphatic hydroxyl groups is 1. The monoisotopic (exact) mass is 336 g/mol. The summed E-state index contributed by atoms with van der Waals surface area (Å²) in [7, 11) is 0. The van der Waals surface area contributed by atoms with Gasteiger partial charge in [0.25, 0.3) is 0 Å². The molecular weight excluding hydrogens is 316 g/mol. The fourth-order valence-electron chi connectivity index (χ4n) is 2.52. The van der Waals surface area contributed by atoms with Crippen LogP contribution in [0.4, 0.5) is 0 Å².